The quantitative estimate of drug-likeness (QED) is 0.777. The maximum Gasteiger partial charge on any atom is 0.336 e. The monoisotopic (exact) mass is 205 g/mol. The molecule has 0 atom stereocenters. The number of fused-ring (bicyclic) bond motifs is 1. The largest absolute Gasteiger partial charge is 0.478 e. The van der Waals surface area contributed by atoms with Gasteiger partial charge in [-0.15, -0.1) is 0 Å². The first-order chi connectivity index (χ1) is 7.09. The number of aromatic nitrogens is 1. The third kappa shape index (κ3) is 1.54. The summed E-state index contributed by atoms with van der Waals surface area (Å²) in [5, 5.41) is 9.45. The van der Waals surface area contributed by atoms with E-state index in [1.165, 1.54) is 24.4 Å². The molecule has 1 N–H and O–H groups in total. The zero-order chi connectivity index (χ0) is 11.0. The van der Waals surface area contributed by atoms with Crippen LogP contribution in [0.15, 0.2) is 24.4 Å². The minimum absolute atomic E-state index is 0.150. The third-order valence-corrected chi connectivity index (χ3v) is 2.23. The lowest BCUT2D eigenvalue weighted by molar-refractivity contribution is 0.0699. The summed E-state index contributed by atoms with van der Waals surface area (Å²) in [5.41, 5.74) is 1.10. The molecule has 0 saturated carbocycles. The molecule has 0 aliphatic rings. The maximum atomic E-state index is 13.0. The van der Waals surface area contributed by atoms with Crippen LogP contribution in [0.25, 0.3) is 10.9 Å². The molecule has 2 aromatic rings. The van der Waals surface area contributed by atoms with Crippen molar-refractivity contribution in [2.75, 3.05) is 0 Å². The van der Waals surface area contributed by atoms with Crippen molar-refractivity contribution < 1.29 is 14.3 Å². The highest BCUT2D eigenvalue weighted by Gasteiger charge is 2.11. The topological polar surface area (TPSA) is 50.2 Å². The van der Waals surface area contributed by atoms with Gasteiger partial charge in [-0.05, 0) is 24.6 Å². The molecule has 0 spiro atoms. The molecule has 3 nitrogen and oxygen atoms in total. The van der Waals surface area contributed by atoms with Gasteiger partial charge in [0.25, 0.3) is 0 Å². The van der Waals surface area contributed by atoms with Crippen molar-refractivity contribution in [2.45, 2.75) is 6.92 Å². The van der Waals surface area contributed by atoms with Crippen LogP contribution in [0.1, 0.15) is 15.9 Å². The molecule has 0 aliphatic carbocycles. The average Bonchev–Trinajstić information content (AvgIpc) is 2.16. The van der Waals surface area contributed by atoms with E-state index < -0.39 is 11.8 Å². The molecule has 1 heterocycles. The highest BCUT2D eigenvalue weighted by molar-refractivity contribution is 6.03. The molecule has 1 aromatic heterocycles. The summed E-state index contributed by atoms with van der Waals surface area (Å²) in [5.74, 6) is -1.44. The number of hydrogen-bond donors (Lipinski definition) is 1. The van der Waals surface area contributed by atoms with Crippen LogP contribution < -0.4 is 0 Å². The van der Waals surface area contributed by atoms with E-state index >= 15 is 0 Å². The van der Waals surface area contributed by atoms with Gasteiger partial charge in [0, 0.05) is 17.6 Å². The molecule has 0 bridgehead atoms. The van der Waals surface area contributed by atoms with Gasteiger partial charge in [0.2, 0.25) is 0 Å². The fourth-order valence-electron chi connectivity index (χ4n) is 1.63. The molecule has 0 radical (unpaired) electrons. The third-order valence-electron chi connectivity index (χ3n) is 2.23. The Labute approximate surface area is 85.2 Å². The van der Waals surface area contributed by atoms with Crippen molar-refractivity contribution in [1.29, 1.82) is 0 Å². The Balaban J connectivity index is 2.91. The van der Waals surface area contributed by atoms with E-state index in [0.29, 0.717) is 16.5 Å². The van der Waals surface area contributed by atoms with Crippen LogP contribution in [0.3, 0.4) is 0 Å². The van der Waals surface area contributed by atoms with Gasteiger partial charge in [-0.1, -0.05) is 0 Å². The number of carboxylic acid groups (broad SMARTS) is 1. The summed E-state index contributed by atoms with van der Waals surface area (Å²) in [4.78, 5) is 14.9. The van der Waals surface area contributed by atoms with Crippen molar-refractivity contribution in [1.82, 2.24) is 4.98 Å². The van der Waals surface area contributed by atoms with Gasteiger partial charge in [-0.2, -0.15) is 0 Å². The molecule has 0 aliphatic heterocycles. The number of benzene rings is 1. The lowest BCUT2D eigenvalue weighted by atomic mass is 10.0. The first-order valence-corrected chi connectivity index (χ1v) is 4.38. The number of carboxylic acids is 1. The van der Waals surface area contributed by atoms with Crippen molar-refractivity contribution in [3.8, 4) is 0 Å². The molecule has 0 unspecified atom stereocenters. The Hall–Kier alpha value is -1.97. The second kappa shape index (κ2) is 3.31. The van der Waals surface area contributed by atoms with Gasteiger partial charge in [0.05, 0.1) is 11.1 Å². The van der Waals surface area contributed by atoms with Crippen LogP contribution >= 0.6 is 0 Å². The number of halogens is 1. The van der Waals surface area contributed by atoms with Gasteiger partial charge in [0.15, 0.2) is 0 Å². The maximum absolute atomic E-state index is 13.0. The van der Waals surface area contributed by atoms with Gasteiger partial charge in [-0.25, -0.2) is 9.18 Å². The van der Waals surface area contributed by atoms with Crippen molar-refractivity contribution in [2.24, 2.45) is 0 Å². The summed E-state index contributed by atoms with van der Waals surface area (Å²) in [6.45, 7) is 1.67. The van der Waals surface area contributed by atoms with Crippen molar-refractivity contribution in [3.05, 3.63) is 41.3 Å². The Bertz CT molecular complexity index is 552. The Kier molecular flexibility index (Phi) is 2.11. The predicted octanol–water partition coefficient (Wildman–Crippen LogP) is 2.38. The van der Waals surface area contributed by atoms with Crippen LogP contribution in [0.5, 0.6) is 0 Å². The number of carbonyl (C=O) groups is 1. The highest BCUT2D eigenvalue weighted by Crippen LogP contribution is 2.22. The van der Waals surface area contributed by atoms with E-state index in [0.717, 1.165) is 0 Å². The van der Waals surface area contributed by atoms with Crippen LogP contribution in [-0.4, -0.2) is 16.1 Å². The number of aryl methyl sites for hydroxylation is 1. The number of aromatic carboxylic acids is 1. The van der Waals surface area contributed by atoms with Crippen LogP contribution in [0, 0.1) is 12.7 Å². The Morgan fingerprint density at radius 1 is 1.47 bits per heavy atom. The molecule has 1 aromatic carbocycles. The molecule has 15 heavy (non-hydrogen) atoms. The normalized spacial score (nSPS) is 10.5. The minimum Gasteiger partial charge on any atom is -0.478 e. The Morgan fingerprint density at radius 2 is 2.20 bits per heavy atom. The van der Waals surface area contributed by atoms with Crippen LogP contribution in [0.4, 0.5) is 4.39 Å². The number of nitrogens with zero attached hydrogens (tertiary/aromatic N) is 1. The van der Waals surface area contributed by atoms with E-state index in [9.17, 15) is 9.18 Å². The number of hydrogen-bond acceptors (Lipinski definition) is 2. The van der Waals surface area contributed by atoms with E-state index in [-0.39, 0.29) is 5.56 Å². The molecular formula is C11H8FNO2. The summed E-state index contributed by atoms with van der Waals surface area (Å²) >= 11 is 0. The average molecular weight is 205 g/mol. The van der Waals surface area contributed by atoms with Gasteiger partial charge < -0.3 is 5.11 Å². The highest BCUT2D eigenvalue weighted by atomic mass is 19.1. The fraction of sp³-hybridized carbons (Fsp3) is 0.0909. The first-order valence-electron chi connectivity index (χ1n) is 4.38. The lowest BCUT2D eigenvalue weighted by Crippen LogP contribution is -2.00. The summed E-state index contributed by atoms with van der Waals surface area (Å²) in [6, 6.07) is 3.95. The van der Waals surface area contributed by atoms with E-state index in [4.69, 9.17) is 5.11 Å². The second-order valence-electron chi connectivity index (χ2n) is 3.28. The molecule has 0 saturated heterocycles. The van der Waals surface area contributed by atoms with E-state index in [1.807, 2.05) is 0 Å². The van der Waals surface area contributed by atoms with Gasteiger partial charge in [-0.3, -0.25) is 4.98 Å². The standard InChI is InChI=1S/C11H8FNO2/c1-6-4-7(12)5-9-10(6)8(11(14)15)2-3-13-9/h2-5H,1H3,(H,14,15). The molecule has 76 valence electrons. The van der Waals surface area contributed by atoms with Gasteiger partial charge in [0.1, 0.15) is 5.82 Å². The number of pyridine rings is 1. The lowest BCUT2D eigenvalue weighted by Gasteiger charge is -2.05. The predicted molar refractivity (Wildman–Crippen MR) is 53.4 cm³/mol. The van der Waals surface area contributed by atoms with Crippen LogP contribution in [-0.2, 0) is 0 Å². The summed E-state index contributed by atoms with van der Waals surface area (Å²) < 4.78 is 13.0. The van der Waals surface area contributed by atoms with E-state index in [1.54, 1.807) is 6.92 Å². The zero-order valence-electron chi connectivity index (χ0n) is 7.99. The molecule has 2 rings (SSSR count). The van der Waals surface area contributed by atoms with Crippen molar-refractivity contribution >= 4 is 16.9 Å². The molecule has 0 fully saturated rings. The smallest absolute Gasteiger partial charge is 0.336 e. The zero-order valence-corrected chi connectivity index (χ0v) is 7.99. The van der Waals surface area contributed by atoms with Crippen LogP contribution in [0.2, 0.25) is 0 Å². The number of rotatable bonds is 1. The minimum atomic E-state index is -1.03. The molecule has 0 amide bonds. The van der Waals surface area contributed by atoms with Gasteiger partial charge >= 0.3 is 5.97 Å². The molecule has 4 heteroatoms. The Morgan fingerprint density at radius 3 is 2.87 bits per heavy atom. The fourth-order valence-corrected chi connectivity index (χ4v) is 1.63. The second-order valence-corrected chi connectivity index (χ2v) is 3.28. The first kappa shape index (κ1) is 9.58. The van der Waals surface area contributed by atoms with E-state index in [2.05, 4.69) is 4.98 Å². The molecular weight excluding hydrogens is 197 g/mol. The summed E-state index contributed by atoms with van der Waals surface area (Å²) in [6.07, 6.45) is 1.37. The summed E-state index contributed by atoms with van der Waals surface area (Å²) in [7, 11) is 0. The van der Waals surface area contributed by atoms with Crippen molar-refractivity contribution in [3.63, 3.8) is 0 Å². The SMILES string of the molecule is Cc1cc(F)cc2nccc(C(=O)O)c12.